The van der Waals surface area contributed by atoms with Gasteiger partial charge in [0.25, 0.3) is 0 Å². The predicted octanol–water partition coefficient (Wildman–Crippen LogP) is 2.80. The first kappa shape index (κ1) is 21.5. The van der Waals surface area contributed by atoms with Gasteiger partial charge in [0.1, 0.15) is 0 Å². The summed E-state index contributed by atoms with van der Waals surface area (Å²) in [5, 5.41) is 17.8. The van der Waals surface area contributed by atoms with E-state index in [1.165, 1.54) is 0 Å². The molecule has 1 saturated heterocycles. The smallest absolute Gasteiger partial charge is 0.315 e. The number of anilines is 1. The maximum absolute atomic E-state index is 12.1. The van der Waals surface area contributed by atoms with Crippen LogP contribution in [0.4, 0.5) is 10.5 Å². The van der Waals surface area contributed by atoms with Crippen LogP contribution in [0.25, 0.3) is 0 Å². The van der Waals surface area contributed by atoms with Gasteiger partial charge in [0, 0.05) is 36.4 Å². The summed E-state index contributed by atoms with van der Waals surface area (Å²) >= 11 is 5.83. The molecule has 1 aliphatic rings. The Morgan fingerprint density at radius 1 is 1.03 bits per heavy atom. The topological polar surface area (TPSA) is 97.3 Å². The van der Waals surface area contributed by atoms with Crippen molar-refractivity contribution in [3.05, 3.63) is 64.7 Å². The first-order chi connectivity index (χ1) is 14.5. The van der Waals surface area contributed by atoms with Gasteiger partial charge < -0.3 is 20.9 Å². The summed E-state index contributed by atoms with van der Waals surface area (Å²) in [6.45, 7) is 1.94. The highest BCUT2D eigenvalue weighted by atomic mass is 35.5. The van der Waals surface area contributed by atoms with Crippen molar-refractivity contribution in [2.45, 2.75) is 25.4 Å². The SMILES string of the molecule is N#Cc1ccc(N2CCC(NC(=O)CNC(=O)NCc3ccc(Cl)cc3)CC2)cc1. The Bertz CT molecular complexity index is 901. The van der Waals surface area contributed by atoms with E-state index in [1.54, 1.807) is 12.1 Å². The van der Waals surface area contributed by atoms with Gasteiger partial charge in [-0.3, -0.25) is 4.79 Å². The molecule has 30 heavy (non-hydrogen) atoms. The van der Waals surface area contributed by atoms with E-state index in [1.807, 2.05) is 36.4 Å². The summed E-state index contributed by atoms with van der Waals surface area (Å²) in [6, 6.07) is 16.5. The summed E-state index contributed by atoms with van der Waals surface area (Å²) in [4.78, 5) is 26.2. The predicted molar refractivity (Wildman–Crippen MR) is 116 cm³/mol. The summed E-state index contributed by atoms with van der Waals surface area (Å²) in [7, 11) is 0. The molecule has 0 atom stereocenters. The highest BCUT2D eigenvalue weighted by Gasteiger charge is 2.21. The minimum atomic E-state index is -0.393. The van der Waals surface area contributed by atoms with Gasteiger partial charge in [-0.25, -0.2) is 4.79 Å². The molecule has 0 unspecified atom stereocenters. The molecule has 0 aliphatic carbocycles. The molecule has 0 radical (unpaired) electrons. The fourth-order valence-electron chi connectivity index (χ4n) is 3.32. The summed E-state index contributed by atoms with van der Waals surface area (Å²) in [5.74, 6) is -0.200. The van der Waals surface area contributed by atoms with E-state index in [4.69, 9.17) is 16.9 Å². The number of piperidine rings is 1. The second kappa shape index (κ2) is 10.5. The van der Waals surface area contributed by atoms with Gasteiger partial charge in [0.15, 0.2) is 0 Å². The Labute approximate surface area is 181 Å². The highest BCUT2D eigenvalue weighted by Crippen LogP contribution is 2.20. The number of hydrogen-bond donors (Lipinski definition) is 3. The summed E-state index contributed by atoms with van der Waals surface area (Å²) < 4.78 is 0. The van der Waals surface area contributed by atoms with E-state index < -0.39 is 6.03 Å². The molecule has 0 spiro atoms. The van der Waals surface area contributed by atoms with Gasteiger partial charge in [-0.05, 0) is 54.8 Å². The van der Waals surface area contributed by atoms with Crippen molar-refractivity contribution in [1.82, 2.24) is 16.0 Å². The van der Waals surface area contributed by atoms with Gasteiger partial charge in [0.2, 0.25) is 5.91 Å². The van der Waals surface area contributed by atoms with Crippen molar-refractivity contribution in [1.29, 1.82) is 5.26 Å². The number of nitrogens with zero attached hydrogens (tertiary/aromatic N) is 2. The normalized spacial score (nSPS) is 13.9. The molecule has 7 nitrogen and oxygen atoms in total. The quantitative estimate of drug-likeness (QED) is 0.662. The largest absolute Gasteiger partial charge is 0.371 e. The van der Waals surface area contributed by atoms with Crippen LogP contribution in [0.15, 0.2) is 48.5 Å². The fraction of sp³-hybridized carbons (Fsp3) is 0.318. The van der Waals surface area contributed by atoms with Gasteiger partial charge in [0.05, 0.1) is 18.2 Å². The standard InChI is InChI=1S/C22H24ClN5O2/c23-18-5-1-17(2-6-18)14-25-22(30)26-15-21(29)27-19-9-11-28(12-10-19)20-7-3-16(13-24)4-8-20/h1-8,19H,9-12,14-15H2,(H,27,29)(H2,25,26,30). The van der Waals surface area contributed by atoms with E-state index >= 15 is 0 Å². The Balaban J connectivity index is 1.33. The first-order valence-corrected chi connectivity index (χ1v) is 10.2. The lowest BCUT2D eigenvalue weighted by atomic mass is 10.0. The van der Waals surface area contributed by atoms with E-state index in [2.05, 4.69) is 26.9 Å². The molecule has 0 aromatic heterocycles. The van der Waals surface area contributed by atoms with Gasteiger partial charge in [-0.15, -0.1) is 0 Å². The molecule has 156 valence electrons. The molecule has 8 heteroatoms. The average Bonchev–Trinajstić information content (AvgIpc) is 2.78. The Morgan fingerprint density at radius 2 is 1.70 bits per heavy atom. The number of nitrogens with one attached hydrogen (secondary N) is 3. The van der Waals surface area contributed by atoms with E-state index in [-0.39, 0.29) is 18.5 Å². The summed E-state index contributed by atoms with van der Waals surface area (Å²) in [6.07, 6.45) is 1.66. The minimum absolute atomic E-state index is 0.0672. The van der Waals surface area contributed by atoms with Crippen molar-refractivity contribution in [3.63, 3.8) is 0 Å². The van der Waals surface area contributed by atoms with Crippen LogP contribution in [0.3, 0.4) is 0 Å². The number of rotatable bonds is 6. The number of halogens is 1. The maximum atomic E-state index is 12.1. The number of benzene rings is 2. The van der Waals surface area contributed by atoms with Crippen LogP contribution in [0, 0.1) is 11.3 Å². The van der Waals surface area contributed by atoms with Crippen LogP contribution in [-0.4, -0.2) is 37.6 Å². The number of carbonyl (C=O) groups excluding carboxylic acids is 2. The molecule has 0 bridgehead atoms. The molecule has 2 aromatic carbocycles. The number of hydrogen-bond acceptors (Lipinski definition) is 4. The lowest BCUT2D eigenvalue weighted by Gasteiger charge is -2.34. The zero-order chi connectivity index (χ0) is 21.3. The molecule has 0 saturated carbocycles. The fourth-order valence-corrected chi connectivity index (χ4v) is 3.44. The van der Waals surface area contributed by atoms with Crippen LogP contribution in [0.5, 0.6) is 0 Å². The molecular formula is C22H24ClN5O2. The third kappa shape index (κ3) is 6.39. The monoisotopic (exact) mass is 425 g/mol. The Morgan fingerprint density at radius 3 is 2.33 bits per heavy atom. The van der Waals surface area contributed by atoms with Gasteiger partial charge in [-0.2, -0.15) is 5.26 Å². The van der Waals surface area contributed by atoms with Gasteiger partial charge >= 0.3 is 6.03 Å². The zero-order valence-corrected chi connectivity index (χ0v) is 17.3. The van der Waals surface area contributed by atoms with Crippen molar-refractivity contribution >= 4 is 29.2 Å². The number of amides is 3. The first-order valence-electron chi connectivity index (χ1n) is 9.84. The van der Waals surface area contributed by atoms with Gasteiger partial charge in [-0.1, -0.05) is 23.7 Å². The number of urea groups is 1. The zero-order valence-electron chi connectivity index (χ0n) is 16.5. The van der Waals surface area contributed by atoms with Crippen LogP contribution in [0.2, 0.25) is 5.02 Å². The average molecular weight is 426 g/mol. The second-order valence-corrected chi connectivity index (χ2v) is 7.59. The van der Waals surface area contributed by atoms with Crippen molar-refractivity contribution < 1.29 is 9.59 Å². The van der Waals surface area contributed by atoms with Crippen LogP contribution < -0.4 is 20.9 Å². The van der Waals surface area contributed by atoms with Crippen LogP contribution in [0.1, 0.15) is 24.0 Å². The van der Waals surface area contributed by atoms with Crippen molar-refractivity contribution in [2.24, 2.45) is 0 Å². The molecule has 2 aromatic rings. The Kier molecular flexibility index (Phi) is 7.52. The van der Waals surface area contributed by atoms with E-state index in [0.29, 0.717) is 17.1 Å². The molecule has 1 fully saturated rings. The molecule has 1 aliphatic heterocycles. The molecule has 3 rings (SSSR count). The van der Waals surface area contributed by atoms with Crippen LogP contribution in [-0.2, 0) is 11.3 Å². The summed E-state index contributed by atoms with van der Waals surface area (Å²) in [5.41, 5.74) is 2.65. The Hall–Kier alpha value is -3.24. The van der Waals surface area contributed by atoms with E-state index in [9.17, 15) is 9.59 Å². The van der Waals surface area contributed by atoms with Crippen molar-refractivity contribution in [2.75, 3.05) is 24.5 Å². The minimum Gasteiger partial charge on any atom is -0.371 e. The molecule has 3 N–H and O–H groups in total. The molecular weight excluding hydrogens is 402 g/mol. The second-order valence-electron chi connectivity index (χ2n) is 7.15. The number of nitriles is 1. The molecule has 1 heterocycles. The van der Waals surface area contributed by atoms with E-state index in [0.717, 1.165) is 37.2 Å². The third-order valence-corrected chi connectivity index (χ3v) is 5.25. The maximum Gasteiger partial charge on any atom is 0.315 e. The lowest BCUT2D eigenvalue weighted by Crippen LogP contribution is -2.48. The lowest BCUT2D eigenvalue weighted by molar-refractivity contribution is -0.120. The molecule has 3 amide bonds. The third-order valence-electron chi connectivity index (χ3n) is 5.00. The number of carbonyl (C=O) groups is 2. The van der Waals surface area contributed by atoms with Crippen LogP contribution >= 0.6 is 11.6 Å². The highest BCUT2D eigenvalue weighted by molar-refractivity contribution is 6.30. The van der Waals surface area contributed by atoms with Crippen molar-refractivity contribution in [3.8, 4) is 6.07 Å².